The molecule has 2 heterocycles. The molecule has 5 aromatic rings. The Morgan fingerprint density at radius 1 is 0.672 bits per heavy atom. The van der Waals surface area contributed by atoms with Crippen molar-refractivity contribution in [2.45, 2.75) is 85.6 Å². The number of nitrogens with zero attached hydrogens (tertiary/aromatic N) is 2. The summed E-state index contributed by atoms with van der Waals surface area (Å²) in [5, 5.41) is 0. The van der Waals surface area contributed by atoms with Crippen LogP contribution in [-0.4, -0.2) is 36.2 Å². The Labute approximate surface area is 363 Å². The molecule has 0 bridgehead atoms. The van der Waals surface area contributed by atoms with Gasteiger partial charge < -0.3 is 4.90 Å². The second kappa shape index (κ2) is 16.5. The quantitative estimate of drug-likeness (QED) is 0.0996. The highest BCUT2D eigenvalue weighted by molar-refractivity contribution is 8.03. The first-order valence-corrected chi connectivity index (χ1v) is 24.0. The summed E-state index contributed by atoms with van der Waals surface area (Å²) in [4.78, 5) is 4.28. The van der Waals surface area contributed by atoms with Crippen molar-refractivity contribution in [1.29, 1.82) is 0 Å². The van der Waals surface area contributed by atoms with Crippen LogP contribution in [0.5, 0.6) is 0 Å². The van der Waals surface area contributed by atoms with Gasteiger partial charge in [0.05, 0.1) is 15.2 Å². The minimum atomic E-state index is -4.41. The normalized spacial score (nSPS) is 18.7. The molecule has 5 aromatic carbocycles. The van der Waals surface area contributed by atoms with Gasteiger partial charge in [0.2, 0.25) is 5.69 Å². The summed E-state index contributed by atoms with van der Waals surface area (Å²) in [5.41, 5.74) is 8.89. The fraction of sp³-hybridized carbons (Fsp3) is 0.220. The number of rotatable bonds is 11. The van der Waals surface area contributed by atoms with Crippen LogP contribution in [0, 0.1) is 0 Å². The zero-order valence-corrected chi connectivity index (χ0v) is 37.1. The van der Waals surface area contributed by atoms with E-state index in [2.05, 4.69) is 97.9 Å². The first-order valence-electron chi connectivity index (χ1n) is 20.3. The molecule has 1 aliphatic carbocycles. The summed E-state index contributed by atoms with van der Waals surface area (Å²) in [7, 11) is -8.81. The zero-order valence-electron chi connectivity index (χ0n) is 34.6. The number of thioether (sulfide) groups is 1. The Kier molecular flexibility index (Phi) is 11.5. The van der Waals surface area contributed by atoms with Crippen LogP contribution < -0.4 is 4.90 Å². The van der Waals surface area contributed by atoms with E-state index in [0.29, 0.717) is 13.1 Å². The van der Waals surface area contributed by atoms with Gasteiger partial charge in [0, 0.05) is 56.4 Å². The van der Waals surface area contributed by atoms with Crippen molar-refractivity contribution >= 4 is 49.1 Å². The lowest BCUT2D eigenvalue weighted by atomic mass is 9.81. The Balaban J connectivity index is 1.25. The van der Waals surface area contributed by atoms with Crippen LogP contribution in [0.4, 0.5) is 11.4 Å². The molecule has 0 spiro atoms. The van der Waals surface area contributed by atoms with E-state index in [-0.39, 0.29) is 9.79 Å². The SMILES string of the molecule is CC1(C)C(/C=C/C2=C(Sc3ccccc3)C(=C/C=C3/N(Cc4ccccc4)c4ccc(S(=O)(=O)O)cc4C3(C)C)/CCC2)=[N+](Cc2ccccc2)c2ccc(S(=O)(=O)O)cc21. The summed E-state index contributed by atoms with van der Waals surface area (Å²) in [5.74, 6) is 0. The molecule has 0 atom stereocenters. The molecule has 0 fully saturated rings. The van der Waals surface area contributed by atoms with Gasteiger partial charge in [0.15, 0.2) is 12.3 Å². The van der Waals surface area contributed by atoms with Crippen molar-refractivity contribution < 1.29 is 30.5 Å². The molecule has 8 rings (SSSR count). The third kappa shape index (κ3) is 8.63. The molecule has 0 radical (unpaired) electrons. The lowest BCUT2D eigenvalue weighted by Crippen LogP contribution is -2.27. The van der Waals surface area contributed by atoms with Crippen LogP contribution in [-0.2, 0) is 44.2 Å². The molecule has 0 aromatic heterocycles. The van der Waals surface area contributed by atoms with Crippen LogP contribution in [0.3, 0.4) is 0 Å². The van der Waals surface area contributed by atoms with E-state index in [1.165, 1.54) is 28.2 Å². The molecule has 8 nitrogen and oxygen atoms in total. The van der Waals surface area contributed by atoms with Gasteiger partial charge in [0.25, 0.3) is 20.2 Å². The molecule has 0 amide bonds. The van der Waals surface area contributed by atoms with Crippen molar-refractivity contribution in [1.82, 2.24) is 0 Å². The van der Waals surface area contributed by atoms with Crippen molar-refractivity contribution in [3.05, 3.63) is 196 Å². The maximum absolute atomic E-state index is 12.3. The fourth-order valence-electron chi connectivity index (χ4n) is 8.82. The third-order valence-corrected chi connectivity index (χ3v) is 14.9. The topological polar surface area (TPSA) is 115 Å². The molecule has 61 heavy (non-hydrogen) atoms. The summed E-state index contributed by atoms with van der Waals surface area (Å²) in [6.45, 7) is 9.54. The maximum Gasteiger partial charge on any atom is 0.294 e. The van der Waals surface area contributed by atoms with Crippen LogP contribution in [0.1, 0.15) is 69.2 Å². The summed E-state index contributed by atoms with van der Waals surface area (Å²) >= 11 is 1.74. The highest BCUT2D eigenvalue weighted by Gasteiger charge is 2.45. The first-order chi connectivity index (χ1) is 29.0. The number of anilines is 1. The van der Waals surface area contributed by atoms with Gasteiger partial charge in [-0.3, -0.25) is 9.11 Å². The molecule has 0 saturated heterocycles. The van der Waals surface area contributed by atoms with E-state index >= 15 is 0 Å². The molecule has 0 unspecified atom stereocenters. The minimum absolute atomic E-state index is 0.126. The average molecular weight is 870 g/mol. The van der Waals surface area contributed by atoms with E-state index in [9.17, 15) is 25.9 Å². The monoisotopic (exact) mass is 869 g/mol. The standard InChI is InChI=1S/C50H48N2O6S3/c1-49(2)42-31-40(60(53,54)55)25-27-44(42)51(33-35-15-8-5-9-16-35)46(49)29-23-37-19-14-20-38(48(37)59-39-21-12-7-13-22-39)24-30-47-50(3,4)43-32-41(61(56,57)58)26-28-45(43)52(47)34-36-17-10-6-11-18-36/h5-13,15-18,21-32H,14,19-20,33-34H2,1-4H3,(H-,53,54,55,56,57,58)/p+1. The second-order valence-electron chi connectivity index (χ2n) is 16.8. The molecule has 312 valence electrons. The van der Waals surface area contributed by atoms with Crippen LogP contribution in [0.15, 0.2) is 188 Å². The van der Waals surface area contributed by atoms with Crippen molar-refractivity contribution in [2.24, 2.45) is 0 Å². The van der Waals surface area contributed by atoms with E-state index in [0.717, 1.165) is 69.2 Å². The number of hydrogen-bond donors (Lipinski definition) is 2. The smallest absolute Gasteiger partial charge is 0.294 e. The molecule has 0 saturated carbocycles. The lowest BCUT2D eigenvalue weighted by molar-refractivity contribution is -0.455. The molecule has 11 heteroatoms. The maximum atomic E-state index is 12.3. The Hall–Kier alpha value is -5.30. The van der Waals surface area contributed by atoms with Gasteiger partial charge in [-0.25, -0.2) is 0 Å². The fourth-order valence-corrected chi connectivity index (χ4v) is 11.0. The van der Waals surface area contributed by atoms with Gasteiger partial charge in [-0.2, -0.15) is 21.4 Å². The van der Waals surface area contributed by atoms with Crippen molar-refractivity contribution in [3.63, 3.8) is 0 Å². The van der Waals surface area contributed by atoms with Gasteiger partial charge in [-0.05, 0) is 104 Å². The Morgan fingerprint density at radius 2 is 1.26 bits per heavy atom. The zero-order chi connectivity index (χ0) is 43.2. The highest BCUT2D eigenvalue weighted by atomic mass is 32.2. The largest absolute Gasteiger partial charge is 0.340 e. The van der Waals surface area contributed by atoms with E-state index in [1.807, 2.05) is 54.6 Å². The summed E-state index contributed by atoms with van der Waals surface area (Å²) in [6.07, 6.45) is 11.5. The van der Waals surface area contributed by atoms with Crippen molar-refractivity contribution in [2.75, 3.05) is 4.90 Å². The molecular formula is C50H49N2O6S3+. The van der Waals surface area contributed by atoms with E-state index < -0.39 is 31.1 Å². The average Bonchev–Trinajstić information content (AvgIpc) is 3.57. The van der Waals surface area contributed by atoms with E-state index in [1.54, 1.807) is 36.0 Å². The number of benzene rings is 5. The minimum Gasteiger partial charge on any atom is -0.340 e. The molecule has 2 aliphatic heterocycles. The third-order valence-electron chi connectivity index (χ3n) is 12.0. The molecular weight excluding hydrogens is 821 g/mol. The van der Waals surface area contributed by atoms with Crippen LogP contribution in [0.2, 0.25) is 0 Å². The van der Waals surface area contributed by atoms with Gasteiger partial charge in [0.1, 0.15) is 0 Å². The van der Waals surface area contributed by atoms with Gasteiger partial charge >= 0.3 is 0 Å². The van der Waals surface area contributed by atoms with Crippen LogP contribution >= 0.6 is 11.8 Å². The Bertz CT molecular complexity index is 2900. The predicted molar refractivity (Wildman–Crippen MR) is 245 cm³/mol. The molecule has 2 N–H and O–H groups in total. The second-order valence-corrected chi connectivity index (χ2v) is 20.7. The number of fused-ring (bicyclic) bond motifs is 2. The highest BCUT2D eigenvalue weighted by Crippen LogP contribution is 2.50. The van der Waals surface area contributed by atoms with Crippen LogP contribution in [0.25, 0.3) is 0 Å². The van der Waals surface area contributed by atoms with E-state index in [4.69, 9.17) is 0 Å². The lowest BCUT2D eigenvalue weighted by Gasteiger charge is -2.27. The summed E-state index contributed by atoms with van der Waals surface area (Å²) in [6, 6.07) is 40.4. The van der Waals surface area contributed by atoms with Gasteiger partial charge in [-0.15, -0.1) is 0 Å². The number of allylic oxidation sites excluding steroid dienone is 7. The van der Waals surface area contributed by atoms with Crippen molar-refractivity contribution in [3.8, 4) is 0 Å². The number of hydrogen-bond acceptors (Lipinski definition) is 6. The summed E-state index contributed by atoms with van der Waals surface area (Å²) < 4.78 is 71.4. The Morgan fingerprint density at radius 3 is 1.90 bits per heavy atom. The predicted octanol–water partition coefficient (Wildman–Crippen LogP) is 11.4. The van der Waals surface area contributed by atoms with Gasteiger partial charge in [-0.1, -0.05) is 117 Å². The first kappa shape index (κ1) is 42.4. The molecule has 3 aliphatic rings.